The summed E-state index contributed by atoms with van der Waals surface area (Å²) in [4.78, 5) is 2.29. The summed E-state index contributed by atoms with van der Waals surface area (Å²) in [5.74, 6) is 0. The van der Waals surface area contributed by atoms with Gasteiger partial charge in [-0.05, 0) is 19.5 Å². The Labute approximate surface area is 96.6 Å². The van der Waals surface area contributed by atoms with E-state index in [1.165, 1.54) is 5.56 Å². The summed E-state index contributed by atoms with van der Waals surface area (Å²) in [5, 5.41) is 3.35. The van der Waals surface area contributed by atoms with Gasteiger partial charge in [0.25, 0.3) is 0 Å². The molecule has 0 saturated carbocycles. The van der Waals surface area contributed by atoms with Crippen LogP contribution in [0.3, 0.4) is 0 Å². The lowest BCUT2D eigenvalue weighted by Crippen LogP contribution is -2.40. The molecule has 2 rings (SSSR count). The average Bonchev–Trinajstić information content (AvgIpc) is 2.81. The summed E-state index contributed by atoms with van der Waals surface area (Å²) in [6.45, 7) is 4.81. The Balaban J connectivity index is 1.65. The summed E-state index contributed by atoms with van der Waals surface area (Å²) < 4.78 is 10.7. The van der Waals surface area contributed by atoms with Gasteiger partial charge in [0.05, 0.1) is 25.2 Å². The van der Waals surface area contributed by atoms with Crippen molar-refractivity contribution >= 4 is 0 Å². The maximum absolute atomic E-state index is 5.66. The van der Waals surface area contributed by atoms with Crippen molar-refractivity contribution in [1.29, 1.82) is 0 Å². The molecule has 0 bridgehead atoms. The monoisotopic (exact) mass is 224 g/mol. The number of rotatable bonds is 5. The molecule has 1 saturated heterocycles. The van der Waals surface area contributed by atoms with Crippen LogP contribution in [0, 0.1) is 0 Å². The van der Waals surface area contributed by atoms with Crippen molar-refractivity contribution in [3.63, 3.8) is 0 Å². The van der Waals surface area contributed by atoms with Gasteiger partial charge in [0.2, 0.25) is 0 Å². The first-order chi connectivity index (χ1) is 7.84. The molecule has 0 radical (unpaired) electrons. The van der Waals surface area contributed by atoms with Crippen LogP contribution >= 0.6 is 0 Å². The van der Waals surface area contributed by atoms with E-state index in [-0.39, 0.29) is 0 Å². The molecule has 0 spiro atoms. The highest BCUT2D eigenvalue weighted by Gasteiger charge is 2.13. The van der Waals surface area contributed by atoms with Crippen LogP contribution in [-0.4, -0.2) is 44.3 Å². The summed E-state index contributed by atoms with van der Waals surface area (Å²) in [7, 11) is 2.13. The van der Waals surface area contributed by atoms with Crippen molar-refractivity contribution < 1.29 is 9.15 Å². The van der Waals surface area contributed by atoms with Gasteiger partial charge in [0.15, 0.2) is 0 Å². The zero-order valence-electron chi connectivity index (χ0n) is 9.82. The van der Waals surface area contributed by atoms with Gasteiger partial charge in [-0.2, -0.15) is 0 Å². The Morgan fingerprint density at radius 3 is 3.19 bits per heavy atom. The lowest BCUT2D eigenvalue weighted by molar-refractivity contribution is 0.0184. The molecule has 16 heavy (non-hydrogen) atoms. The third kappa shape index (κ3) is 3.63. The summed E-state index contributed by atoms with van der Waals surface area (Å²) in [6.07, 6.45) is 4.98. The first-order valence-corrected chi connectivity index (χ1v) is 5.86. The highest BCUT2D eigenvalue weighted by atomic mass is 16.5. The van der Waals surface area contributed by atoms with Crippen LogP contribution in [-0.2, 0) is 11.3 Å². The molecule has 4 heteroatoms. The van der Waals surface area contributed by atoms with E-state index in [0.717, 1.165) is 39.2 Å². The molecule has 4 nitrogen and oxygen atoms in total. The summed E-state index contributed by atoms with van der Waals surface area (Å²) in [5.41, 5.74) is 1.23. The van der Waals surface area contributed by atoms with Crippen molar-refractivity contribution in [1.82, 2.24) is 10.2 Å². The normalized spacial score (nSPS) is 21.5. The zero-order valence-corrected chi connectivity index (χ0v) is 9.82. The molecule has 1 atom stereocenters. The Bertz CT molecular complexity index is 281. The minimum absolute atomic E-state index is 0.376. The standard InChI is InChI=1S/C12H20N2O2/c1-14(9-11-3-6-15-10-11)5-2-12-8-13-4-7-16-12/h3,6,10,12-13H,2,4-5,7-9H2,1H3. The maximum atomic E-state index is 5.66. The molecule has 1 N–H and O–H groups in total. The fourth-order valence-corrected chi connectivity index (χ4v) is 1.94. The number of hydrogen-bond acceptors (Lipinski definition) is 4. The summed E-state index contributed by atoms with van der Waals surface area (Å²) in [6, 6.07) is 2.01. The maximum Gasteiger partial charge on any atom is 0.0947 e. The highest BCUT2D eigenvalue weighted by Crippen LogP contribution is 2.06. The number of nitrogens with one attached hydrogen (secondary N) is 1. The summed E-state index contributed by atoms with van der Waals surface area (Å²) >= 11 is 0. The van der Waals surface area contributed by atoms with Gasteiger partial charge in [-0.1, -0.05) is 0 Å². The second kappa shape index (κ2) is 6.03. The minimum Gasteiger partial charge on any atom is -0.472 e. The second-order valence-corrected chi connectivity index (χ2v) is 4.35. The molecule has 1 aliphatic rings. The van der Waals surface area contributed by atoms with Gasteiger partial charge in [-0.25, -0.2) is 0 Å². The molecular formula is C12H20N2O2. The van der Waals surface area contributed by atoms with Gasteiger partial charge in [-0.3, -0.25) is 0 Å². The largest absolute Gasteiger partial charge is 0.472 e. The van der Waals surface area contributed by atoms with Crippen LogP contribution in [0.1, 0.15) is 12.0 Å². The van der Waals surface area contributed by atoms with Crippen LogP contribution in [0.25, 0.3) is 0 Å². The Hall–Kier alpha value is -0.840. The molecule has 1 fully saturated rings. The molecular weight excluding hydrogens is 204 g/mol. The Kier molecular flexibility index (Phi) is 4.39. The van der Waals surface area contributed by atoms with Crippen LogP contribution in [0.2, 0.25) is 0 Å². The number of furan rings is 1. The average molecular weight is 224 g/mol. The third-order valence-corrected chi connectivity index (χ3v) is 2.87. The van der Waals surface area contributed by atoms with E-state index in [4.69, 9.17) is 9.15 Å². The van der Waals surface area contributed by atoms with E-state index in [1.54, 1.807) is 12.5 Å². The Morgan fingerprint density at radius 1 is 1.56 bits per heavy atom. The fourth-order valence-electron chi connectivity index (χ4n) is 1.94. The zero-order chi connectivity index (χ0) is 11.2. The number of hydrogen-bond donors (Lipinski definition) is 1. The van der Waals surface area contributed by atoms with Crippen LogP contribution < -0.4 is 5.32 Å². The van der Waals surface area contributed by atoms with E-state index < -0.39 is 0 Å². The van der Waals surface area contributed by atoms with Gasteiger partial charge < -0.3 is 19.4 Å². The van der Waals surface area contributed by atoms with E-state index >= 15 is 0 Å². The predicted molar refractivity (Wildman–Crippen MR) is 62.3 cm³/mol. The lowest BCUT2D eigenvalue weighted by Gasteiger charge is -2.25. The van der Waals surface area contributed by atoms with Crippen LogP contribution in [0.15, 0.2) is 23.0 Å². The van der Waals surface area contributed by atoms with Crippen molar-refractivity contribution in [3.05, 3.63) is 24.2 Å². The fraction of sp³-hybridized carbons (Fsp3) is 0.667. The van der Waals surface area contributed by atoms with Gasteiger partial charge in [0, 0.05) is 31.7 Å². The van der Waals surface area contributed by atoms with Crippen LogP contribution in [0.5, 0.6) is 0 Å². The highest BCUT2D eigenvalue weighted by molar-refractivity contribution is 5.04. The van der Waals surface area contributed by atoms with Crippen molar-refractivity contribution in [3.8, 4) is 0 Å². The smallest absolute Gasteiger partial charge is 0.0947 e. The SMILES string of the molecule is CN(CCC1CNCCO1)Cc1ccoc1. The minimum atomic E-state index is 0.376. The van der Waals surface area contributed by atoms with Crippen molar-refractivity contribution in [2.24, 2.45) is 0 Å². The molecule has 90 valence electrons. The van der Waals surface area contributed by atoms with Gasteiger partial charge in [-0.15, -0.1) is 0 Å². The molecule has 1 unspecified atom stereocenters. The first kappa shape index (κ1) is 11.6. The molecule has 1 aromatic rings. The number of ether oxygens (including phenoxy) is 1. The molecule has 1 aliphatic heterocycles. The molecule has 2 heterocycles. The van der Waals surface area contributed by atoms with Gasteiger partial charge >= 0.3 is 0 Å². The van der Waals surface area contributed by atoms with E-state index in [9.17, 15) is 0 Å². The van der Waals surface area contributed by atoms with Gasteiger partial charge in [0.1, 0.15) is 0 Å². The third-order valence-electron chi connectivity index (χ3n) is 2.87. The first-order valence-electron chi connectivity index (χ1n) is 5.86. The molecule has 1 aromatic heterocycles. The Morgan fingerprint density at radius 2 is 2.50 bits per heavy atom. The number of morpholine rings is 1. The lowest BCUT2D eigenvalue weighted by atomic mass is 10.2. The second-order valence-electron chi connectivity index (χ2n) is 4.35. The van der Waals surface area contributed by atoms with Crippen LogP contribution in [0.4, 0.5) is 0 Å². The molecule has 0 amide bonds. The van der Waals surface area contributed by atoms with Crippen molar-refractivity contribution in [2.45, 2.75) is 19.1 Å². The van der Waals surface area contributed by atoms with Crippen molar-refractivity contribution in [2.75, 3.05) is 33.3 Å². The predicted octanol–water partition coefficient (Wildman–Crippen LogP) is 1.09. The topological polar surface area (TPSA) is 37.6 Å². The quantitative estimate of drug-likeness (QED) is 0.812. The molecule has 0 aliphatic carbocycles. The van der Waals surface area contributed by atoms with E-state index in [0.29, 0.717) is 6.10 Å². The molecule has 0 aromatic carbocycles. The van der Waals surface area contributed by atoms with E-state index in [2.05, 4.69) is 17.3 Å². The number of nitrogens with zero attached hydrogens (tertiary/aromatic N) is 1. The van der Waals surface area contributed by atoms with E-state index in [1.807, 2.05) is 6.07 Å².